The maximum Gasteiger partial charge on any atom is 0.192 e. The SMILES string of the molecule is CC(C)(C)[C@@H](O)c1cc(CO[Si](C)(C)C(C)(C)C)ccc1-c1cc(F)ccc1F.CC(C)(C)[C@H](O)c1cc(CO[Si](C)(C)C(C)(C)C)ccc1-c1cc(F)ccc1F.CO[C@@H](c1cc(CO[Si](C)(C)C(C)(C)C)ccc1-c1cc(F)ccc1F)C(C)(C)C.CO[C@H](c1cc(CO[Si](C)(C)C(C)(C)C)ccc1-c1cc(F)ccc1F)C(C)(C)C. The smallest absolute Gasteiger partial charge is 0.192 e. The van der Waals surface area contributed by atoms with Gasteiger partial charge in [-0.25, -0.2) is 35.1 Å². The molecule has 8 nitrogen and oxygen atoms in total. The van der Waals surface area contributed by atoms with Crippen LogP contribution in [0.2, 0.25) is 72.5 Å². The van der Waals surface area contributed by atoms with Gasteiger partial charge in [0.15, 0.2) is 33.3 Å². The van der Waals surface area contributed by atoms with E-state index in [1.165, 1.54) is 36.4 Å². The molecular formula is C98H140F8O8Si4. The molecule has 2 N–H and O–H groups in total. The van der Waals surface area contributed by atoms with Crippen LogP contribution in [0.5, 0.6) is 0 Å². The second kappa shape index (κ2) is 39.5. The van der Waals surface area contributed by atoms with Crippen LogP contribution in [0.3, 0.4) is 0 Å². The summed E-state index contributed by atoms with van der Waals surface area (Å²) >= 11 is 0. The minimum absolute atomic E-state index is 0.0887. The van der Waals surface area contributed by atoms with Crippen molar-refractivity contribution in [1.29, 1.82) is 0 Å². The van der Waals surface area contributed by atoms with E-state index in [1.807, 2.05) is 102 Å². The molecule has 0 radical (unpaired) electrons. The molecule has 0 spiro atoms. The van der Waals surface area contributed by atoms with Crippen LogP contribution in [-0.4, -0.2) is 57.7 Å². The van der Waals surface area contributed by atoms with Crippen molar-refractivity contribution in [1.82, 2.24) is 0 Å². The summed E-state index contributed by atoms with van der Waals surface area (Å²) in [4.78, 5) is 0. The number of methoxy groups -OCH3 is 2. The van der Waals surface area contributed by atoms with Crippen LogP contribution in [0.15, 0.2) is 146 Å². The lowest BCUT2D eigenvalue weighted by Crippen LogP contribution is -2.40. The molecule has 8 aromatic rings. The summed E-state index contributed by atoms with van der Waals surface area (Å²) in [5.74, 6) is -3.89. The lowest BCUT2D eigenvalue weighted by atomic mass is 9.81. The van der Waals surface area contributed by atoms with Gasteiger partial charge in [-0.15, -0.1) is 0 Å². The molecule has 0 unspecified atom stereocenters. The Kier molecular flexibility index (Phi) is 34.3. The van der Waals surface area contributed by atoms with E-state index in [4.69, 9.17) is 27.2 Å². The Morgan fingerprint density at radius 1 is 0.254 bits per heavy atom. The van der Waals surface area contributed by atoms with Crippen LogP contribution in [0, 0.1) is 68.2 Å². The summed E-state index contributed by atoms with van der Waals surface area (Å²) < 4.78 is 151. The Morgan fingerprint density at radius 2 is 0.441 bits per heavy atom. The maximum absolute atomic E-state index is 14.6. The van der Waals surface area contributed by atoms with Crippen molar-refractivity contribution in [2.24, 2.45) is 21.7 Å². The summed E-state index contributed by atoms with van der Waals surface area (Å²) in [5.41, 5.74) is 8.37. The zero-order valence-electron chi connectivity index (χ0n) is 77.4. The van der Waals surface area contributed by atoms with Gasteiger partial charge in [0.1, 0.15) is 46.5 Å². The quantitative estimate of drug-likeness (QED) is 0.0512. The van der Waals surface area contributed by atoms with Crippen molar-refractivity contribution in [3.8, 4) is 44.5 Å². The molecule has 0 fully saturated rings. The molecule has 0 aliphatic rings. The van der Waals surface area contributed by atoms with Crippen molar-refractivity contribution in [2.45, 2.75) is 290 Å². The molecule has 0 aliphatic carbocycles. The third-order valence-electron chi connectivity index (χ3n) is 23.8. The first-order valence-corrected chi connectivity index (χ1v) is 52.5. The van der Waals surface area contributed by atoms with Gasteiger partial charge in [-0.3, -0.25) is 0 Å². The van der Waals surface area contributed by atoms with E-state index in [0.29, 0.717) is 59.8 Å². The Labute approximate surface area is 708 Å². The molecule has 118 heavy (non-hydrogen) atoms. The third-order valence-corrected chi connectivity index (χ3v) is 41.7. The molecule has 0 aromatic heterocycles. The molecule has 8 aromatic carbocycles. The first-order chi connectivity index (χ1) is 53.6. The zero-order valence-corrected chi connectivity index (χ0v) is 81.4. The number of hydrogen-bond acceptors (Lipinski definition) is 8. The van der Waals surface area contributed by atoms with Crippen LogP contribution in [0.1, 0.15) is 235 Å². The normalized spacial score (nSPS) is 14.1. The minimum atomic E-state index is -1.93. The van der Waals surface area contributed by atoms with Crippen molar-refractivity contribution >= 4 is 33.3 Å². The first-order valence-electron chi connectivity index (χ1n) is 40.9. The van der Waals surface area contributed by atoms with E-state index < -0.39 is 103 Å². The first kappa shape index (κ1) is 102. The van der Waals surface area contributed by atoms with Crippen LogP contribution >= 0.6 is 0 Å². The molecule has 0 amide bonds. The molecule has 0 bridgehead atoms. The highest BCUT2D eigenvalue weighted by Gasteiger charge is 2.42. The number of ether oxygens (including phenoxy) is 2. The number of benzene rings is 8. The second-order valence-corrected chi connectivity index (χ2v) is 61.1. The number of halogens is 8. The average Bonchev–Trinajstić information content (AvgIpc) is 0.778. The van der Waals surface area contributed by atoms with Gasteiger partial charge < -0.3 is 37.4 Å². The summed E-state index contributed by atoms with van der Waals surface area (Å²) in [6, 6.07) is 36.5. The molecule has 20 heteroatoms. The van der Waals surface area contributed by atoms with Gasteiger partial charge in [0, 0.05) is 36.5 Å². The number of hydrogen-bond donors (Lipinski definition) is 2. The molecule has 0 saturated carbocycles. The highest BCUT2D eigenvalue weighted by atomic mass is 28.4. The van der Waals surface area contributed by atoms with Crippen molar-refractivity contribution in [3.05, 3.63) is 237 Å². The molecule has 8 rings (SSSR count). The van der Waals surface area contributed by atoms with Crippen LogP contribution in [0.4, 0.5) is 35.1 Å². The molecule has 652 valence electrons. The van der Waals surface area contributed by atoms with Gasteiger partial charge in [-0.05, 0) is 234 Å². The predicted molar refractivity (Wildman–Crippen MR) is 482 cm³/mol. The van der Waals surface area contributed by atoms with Crippen molar-refractivity contribution < 1.29 is 72.5 Å². The Balaban J connectivity index is 0.000000280. The van der Waals surface area contributed by atoms with E-state index in [0.717, 1.165) is 69.8 Å². The van der Waals surface area contributed by atoms with Crippen molar-refractivity contribution in [3.63, 3.8) is 0 Å². The monoisotopic (exact) mass is 1710 g/mol. The van der Waals surface area contributed by atoms with E-state index in [9.17, 15) is 45.3 Å². The van der Waals surface area contributed by atoms with Gasteiger partial charge in [-0.2, -0.15) is 0 Å². The largest absolute Gasteiger partial charge is 0.413 e. The molecule has 0 saturated heterocycles. The summed E-state index contributed by atoms with van der Waals surface area (Å²) in [7, 11) is -4.39. The number of rotatable bonds is 22. The highest BCUT2D eigenvalue weighted by molar-refractivity contribution is 6.75. The number of aliphatic hydroxyl groups is 2. The van der Waals surface area contributed by atoms with E-state index in [1.54, 1.807) is 26.4 Å². The fraction of sp³-hybridized carbons (Fsp3) is 0.510. The van der Waals surface area contributed by atoms with Crippen molar-refractivity contribution in [2.75, 3.05) is 14.2 Å². The predicted octanol–water partition coefficient (Wildman–Crippen LogP) is 30.2. The van der Waals surface area contributed by atoms with E-state index in [-0.39, 0.29) is 65.4 Å². The highest BCUT2D eigenvalue weighted by Crippen LogP contribution is 2.48. The second-order valence-electron chi connectivity index (χ2n) is 41.9. The van der Waals surface area contributed by atoms with Gasteiger partial charge >= 0.3 is 0 Å². The van der Waals surface area contributed by atoms with E-state index in [2.05, 4.69) is 177 Å². The minimum Gasteiger partial charge on any atom is -0.413 e. The van der Waals surface area contributed by atoms with E-state index >= 15 is 0 Å². The molecule has 0 aliphatic heterocycles. The lowest BCUT2D eigenvalue weighted by molar-refractivity contribution is 0.0155. The van der Waals surface area contributed by atoms with Crippen LogP contribution in [0.25, 0.3) is 44.5 Å². The van der Waals surface area contributed by atoms with Gasteiger partial charge in [0.25, 0.3) is 0 Å². The summed E-state index contributed by atoms with van der Waals surface area (Å²) in [6.45, 7) is 69.8. The molecule has 4 atom stereocenters. The summed E-state index contributed by atoms with van der Waals surface area (Å²) in [5, 5.41) is 22.4. The standard InChI is InChI=1S/2C25H36F2O2Si.2C24H34F2O2Si/c2*1-24(2,3)23(28-7)21-14-17(16-29-30(8,9)25(4,5)6)10-12-19(21)20-15-18(26)11-13-22(20)27;2*1-23(2,3)22(27)20-13-16(15-28-29(7,8)24(4,5)6)9-11-18(20)19-14-17(25)10-12-21(19)26/h2*10-15,23H,16H2,1-9H3;2*9-14,22,27H,15H2,1-8H3/t2*23-;2*22-/m1010/s1. The third kappa shape index (κ3) is 27.4. The Morgan fingerprint density at radius 3 is 0.610 bits per heavy atom. The van der Waals surface area contributed by atoms with Crippen LogP contribution in [-0.2, 0) is 53.6 Å². The summed E-state index contributed by atoms with van der Waals surface area (Å²) in [6.07, 6.45) is -2.26. The number of aliphatic hydroxyl groups excluding tert-OH is 2. The lowest BCUT2D eigenvalue weighted by Gasteiger charge is -2.36. The maximum atomic E-state index is 14.6. The average molecular weight is 1710 g/mol. The fourth-order valence-electron chi connectivity index (χ4n) is 12.2. The van der Waals surface area contributed by atoms with Crippen LogP contribution < -0.4 is 0 Å². The topological polar surface area (TPSA) is 95.8 Å². The van der Waals surface area contributed by atoms with Gasteiger partial charge in [-0.1, -0.05) is 239 Å². The van der Waals surface area contributed by atoms with Gasteiger partial charge in [0.2, 0.25) is 0 Å². The Hall–Kier alpha value is -6.25. The zero-order chi connectivity index (χ0) is 90.2. The Bertz CT molecular complexity index is 4360. The molecular weight excluding hydrogens is 1570 g/mol. The fourth-order valence-corrected chi connectivity index (χ4v) is 16.1. The van der Waals surface area contributed by atoms with Gasteiger partial charge in [0.05, 0.1) is 50.8 Å². The molecule has 0 heterocycles.